The van der Waals surface area contributed by atoms with Crippen molar-refractivity contribution in [2.45, 2.75) is 19.9 Å². The minimum atomic E-state index is -0.247. The molecule has 0 spiro atoms. The number of rotatable bonds is 4. The van der Waals surface area contributed by atoms with Crippen LogP contribution in [0.3, 0.4) is 0 Å². The van der Waals surface area contributed by atoms with Crippen molar-refractivity contribution < 1.29 is 9.13 Å². The zero-order valence-electron chi connectivity index (χ0n) is 12.9. The molecule has 112 valence electrons. The number of benzene rings is 2. The molecule has 3 nitrogen and oxygen atoms in total. The molecule has 2 aromatic carbocycles. The molecule has 2 N–H and O–H groups in total. The summed E-state index contributed by atoms with van der Waals surface area (Å²) in [6.45, 7) is 3.61. The van der Waals surface area contributed by atoms with Crippen LogP contribution in [0.4, 0.5) is 15.8 Å². The maximum absolute atomic E-state index is 13.8. The fourth-order valence-electron chi connectivity index (χ4n) is 2.30. The second kappa shape index (κ2) is 6.14. The molecule has 21 heavy (non-hydrogen) atoms. The number of anilines is 2. The van der Waals surface area contributed by atoms with Crippen molar-refractivity contribution in [2.24, 2.45) is 5.73 Å². The van der Waals surface area contributed by atoms with E-state index in [4.69, 9.17) is 10.5 Å². The number of hydrogen-bond donors (Lipinski definition) is 1. The van der Waals surface area contributed by atoms with Gasteiger partial charge in [-0.3, -0.25) is 0 Å². The van der Waals surface area contributed by atoms with E-state index < -0.39 is 0 Å². The first kappa shape index (κ1) is 15.3. The highest BCUT2D eigenvalue weighted by atomic mass is 19.1. The number of nitrogens with two attached hydrogens (primary N) is 1. The van der Waals surface area contributed by atoms with E-state index in [0.717, 1.165) is 22.7 Å². The molecule has 1 atom stereocenters. The van der Waals surface area contributed by atoms with Gasteiger partial charge in [0.1, 0.15) is 11.6 Å². The minimum absolute atomic E-state index is 0.231. The summed E-state index contributed by atoms with van der Waals surface area (Å²) in [4.78, 5) is 1.99. The van der Waals surface area contributed by atoms with Crippen molar-refractivity contribution in [1.29, 1.82) is 0 Å². The Bertz CT molecular complexity index is 641. The lowest BCUT2D eigenvalue weighted by Gasteiger charge is -2.25. The lowest BCUT2D eigenvalue weighted by atomic mass is 10.0. The molecule has 2 rings (SSSR count). The van der Waals surface area contributed by atoms with Crippen LogP contribution in [0.1, 0.15) is 24.1 Å². The fraction of sp³-hybridized carbons (Fsp3) is 0.294. The van der Waals surface area contributed by atoms with Gasteiger partial charge in [-0.2, -0.15) is 0 Å². The summed E-state index contributed by atoms with van der Waals surface area (Å²) < 4.78 is 19.1. The summed E-state index contributed by atoms with van der Waals surface area (Å²) in [6.07, 6.45) is 0. The number of halogens is 1. The molecule has 0 aromatic heterocycles. The Morgan fingerprint density at radius 3 is 2.57 bits per heavy atom. The lowest BCUT2D eigenvalue weighted by Crippen LogP contribution is -2.16. The van der Waals surface area contributed by atoms with Crippen molar-refractivity contribution in [3.8, 4) is 5.75 Å². The Morgan fingerprint density at radius 2 is 1.95 bits per heavy atom. The van der Waals surface area contributed by atoms with Crippen LogP contribution in [0, 0.1) is 12.7 Å². The van der Waals surface area contributed by atoms with Gasteiger partial charge in [0.05, 0.1) is 7.11 Å². The number of hydrogen-bond acceptors (Lipinski definition) is 3. The van der Waals surface area contributed by atoms with Gasteiger partial charge >= 0.3 is 0 Å². The van der Waals surface area contributed by atoms with E-state index in [9.17, 15) is 4.39 Å². The van der Waals surface area contributed by atoms with Crippen LogP contribution in [0.15, 0.2) is 36.4 Å². The molecule has 2 aromatic rings. The summed E-state index contributed by atoms with van der Waals surface area (Å²) in [5, 5.41) is 0. The Hall–Kier alpha value is -2.07. The Morgan fingerprint density at radius 1 is 1.24 bits per heavy atom. The van der Waals surface area contributed by atoms with Crippen LogP contribution in [-0.2, 0) is 0 Å². The Balaban J connectivity index is 2.51. The monoisotopic (exact) mass is 288 g/mol. The van der Waals surface area contributed by atoms with Crippen LogP contribution >= 0.6 is 0 Å². The van der Waals surface area contributed by atoms with Crippen LogP contribution in [0.2, 0.25) is 0 Å². The Kier molecular flexibility index (Phi) is 4.48. The maximum atomic E-state index is 13.8. The van der Waals surface area contributed by atoms with E-state index in [-0.39, 0.29) is 11.9 Å². The molecule has 0 aliphatic carbocycles. The van der Waals surface area contributed by atoms with Gasteiger partial charge in [-0.1, -0.05) is 6.07 Å². The topological polar surface area (TPSA) is 38.5 Å². The van der Waals surface area contributed by atoms with Crippen molar-refractivity contribution in [3.05, 3.63) is 53.3 Å². The van der Waals surface area contributed by atoms with Crippen LogP contribution in [0.5, 0.6) is 5.75 Å². The molecule has 0 aliphatic heterocycles. The van der Waals surface area contributed by atoms with Gasteiger partial charge in [0.2, 0.25) is 0 Å². The highest BCUT2D eigenvalue weighted by Crippen LogP contribution is 2.33. The lowest BCUT2D eigenvalue weighted by molar-refractivity contribution is 0.415. The highest BCUT2D eigenvalue weighted by Gasteiger charge is 2.15. The molecule has 0 saturated carbocycles. The van der Waals surface area contributed by atoms with Crippen molar-refractivity contribution >= 4 is 11.4 Å². The van der Waals surface area contributed by atoms with Crippen LogP contribution in [-0.4, -0.2) is 14.2 Å². The third-order valence-electron chi connectivity index (χ3n) is 3.60. The predicted octanol–water partition coefficient (Wildman–Crippen LogP) is 3.93. The SMILES string of the molecule is COc1cccc(N(C)c2cc(C)c(F)cc2[C@H](C)N)c1. The van der Waals surface area contributed by atoms with Gasteiger partial charge in [0, 0.05) is 30.5 Å². The molecule has 0 radical (unpaired) electrons. The summed E-state index contributed by atoms with van der Waals surface area (Å²) in [5.74, 6) is 0.547. The summed E-state index contributed by atoms with van der Waals surface area (Å²) in [6, 6.07) is 10.8. The van der Waals surface area contributed by atoms with E-state index in [1.165, 1.54) is 6.07 Å². The summed E-state index contributed by atoms with van der Waals surface area (Å²) >= 11 is 0. The number of nitrogens with zero attached hydrogens (tertiary/aromatic N) is 1. The third-order valence-corrected chi connectivity index (χ3v) is 3.60. The first-order valence-electron chi connectivity index (χ1n) is 6.87. The molecular formula is C17H21FN2O. The molecule has 0 amide bonds. The molecule has 0 bridgehead atoms. The van der Waals surface area contributed by atoms with E-state index in [1.807, 2.05) is 49.2 Å². The molecule has 0 unspecified atom stereocenters. The predicted molar refractivity (Wildman–Crippen MR) is 84.8 cm³/mol. The highest BCUT2D eigenvalue weighted by molar-refractivity contribution is 5.68. The third kappa shape index (κ3) is 3.16. The second-order valence-electron chi connectivity index (χ2n) is 5.21. The minimum Gasteiger partial charge on any atom is -0.497 e. The van der Waals surface area contributed by atoms with E-state index in [2.05, 4.69) is 0 Å². The Labute approximate surface area is 125 Å². The normalized spacial score (nSPS) is 12.1. The number of methoxy groups -OCH3 is 1. The molecule has 0 fully saturated rings. The van der Waals surface area contributed by atoms with E-state index in [0.29, 0.717) is 5.56 Å². The zero-order chi connectivity index (χ0) is 15.6. The van der Waals surface area contributed by atoms with Crippen LogP contribution < -0.4 is 15.4 Å². The molecule has 0 saturated heterocycles. The largest absolute Gasteiger partial charge is 0.497 e. The molecular weight excluding hydrogens is 267 g/mol. The molecule has 4 heteroatoms. The second-order valence-corrected chi connectivity index (χ2v) is 5.21. The van der Waals surface area contributed by atoms with Gasteiger partial charge < -0.3 is 15.4 Å². The summed E-state index contributed by atoms with van der Waals surface area (Å²) in [5.41, 5.74) is 9.23. The van der Waals surface area contributed by atoms with Crippen molar-refractivity contribution in [3.63, 3.8) is 0 Å². The maximum Gasteiger partial charge on any atom is 0.126 e. The van der Waals surface area contributed by atoms with E-state index >= 15 is 0 Å². The van der Waals surface area contributed by atoms with Gasteiger partial charge in [-0.25, -0.2) is 4.39 Å². The average molecular weight is 288 g/mol. The number of aryl methyl sites for hydroxylation is 1. The first-order chi connectivity index (χ1) is 9.93. The van der Waals surface area contributed by atoms with E-state index in [1.54, 1.807) is 14.0 Å². The van der Waals surface area contributed by atoms with Gasteiger partial charge in [0.25, 0.3) is 0 Å². The first-order valence-corrected chi connectivity index (χ1v) is 6.87. The quantitative estimate of drug-likeness (QED) is 0.926. The molecule has 0 heterocycles. The average Bonchev–Trinajstić information content (AvgIpc) is 2.48. The molecule has 0 aliphatic rings. The van der Waals surface area contributed by atoms with Crippen molar-refractivity contribution in [1.82, 2.24) is 0 Å². The van der Waals surface area contributed by atoms with Gasteiger partial charge in [0.15, 0.2) is 0 Å². The number of ether oxygens (including phenoxy) is 1. The van der Waals surface area contributed by atoms with Gasteiger partial charge in [-0.15, -0.1) is 0 Å². The van der Waals surface area contributed by atoms with Gasteiger partial charge in [-0.05, 0) is 49.2 Å². The smallest absolute Gasteiger partial charge is 0.126 e. The van der Waals surface area contributed by atoms with Crippen molar-refractivity contribution in [2.75, 3.05) is 19.1 Å². The summed E-state index contributed by atoms with van der Waals surface area (Å²) in [7, 11) is 3.57. The zero-order valence-corrected chi connectivity index (χ0v) is 12.9. The fourth-order valence-corrected chi connectivity index (χ4v) is 2.30. The van der Waals surface area contributed by atoms with Crippen LogP contribution in [0.25, 0.3) is 0 Å². The standard InChI is InChI=1S/C17H21FN2O/c1-11-8-17(15(12(2)19)10-16(11)18)20(3)13-6-5-7-14(9-13)21-4/h5-10,12H,19H2,1-4H3/t12-/m0/s1.